The maximum absolute atomic E-state index is 6.40. The van der Waals surface area contributed by atoms with Gasteiger partial charge in [0.15, 0.2) is 0 Å². The third-order valence-electron chi connectivity index (χ3n) is 3.11. The highest BCUT2D eigenvalue weighted by molar-refractivity contribution is 6.21. The van der Waals surface area contributed by atoms with Gasteiger partial charge in [-0.3, -0.25) is 0 Å². The minimum Gasteiger partial charge on any atom is -0.122 e. The van der Waals surface area contributed by atoms with E-state index >= 15 is 0 Å². The fourth-order valence-corrected chi connectivity index (χ4v) is 1.89. The van der Waals surface area contributed by atoms with Crippen LogP contribution in [-0.4, -0.2) is 5.38 Å². The molecule has 0 bridgehead atoms. The Morgan fingerprint density at radius 3 is 2.38 bits per heavy atom. The largest absolute Gasteiger partial charge is 0.122 e. The molecule has 0 heterocycles. The van der Waals surface area contributed by atoms with Crippen molar-refractivity contribution in [3.63, 3.8) is 0 Å². The van der Waals surface area contributed by atoms with Crippen LogP contribution in [0.1, 0.15) is 43.9 Å². The number of alkyl halides is 1. The Balaban J connectivity index is 2.64. The van der Waals surface area contributed by atoms with Gasteiger partial charge in [0.05, 0.1) is 0 Å². The van der Waals surface area contributed by atoms with Crippen LogP contribution >= 0.6 is 11.6 Å². The zero-order valence-electron chi connectivity index (χ0n) is 11.1. The first-order valence-electron chi connectivity index (χ1n) is 6.01. The Kier molecular flexibility index (Phi) is 4.43. The van der Waals surface area contributed by atoms with Gasteiger partial charge in [0.25, 0.3) is 0 Å². The first-order valence-corrected chi connectivity index (χ1v) is 6.44. The van der Waals surface area contributed by atoms with Crippen molar-refractivity contribution in [1.29, 1.82) is 0 Å². The number of hydrogen-bond donors (Lipinski definition) is 0. The van der Waals surface area contributed by atoms with Gasteiger partial charge in [-0.1, -0.05) is 44.5 Å². The molecule has 0 aliphatic rings. The van der Waals surface area contributed by atoms with Crippen LogP contribution in [0.2, 0.25) is 0 Å². The molecule has 90 valence electrons. The second kappa shape index (κ2) is 5.23. The molecule has 0 saturated carbocycles. The summed E-state index contributed by atoms with van der Waals surface area (Å²) in [6.07, 6.45) is 2.13. The molecule has 1 heteroatoms. The standard InChI is InChI=1S/C15H23Cl/c1-11-6-7-12(2)13(10-11)8-9-14(16)15(3,4)5/h6-7,10,14H,8-9H2,1-5H3. The summed E-state index contributed by atoms with van der Waals surface area (Å²) < 4.78 is 0. The van der Waals surface area contributed by atoms with Crippen molar-refractivity contribution in [2.75, 3.05) is 0 Å². The number of hydrogen-bond acceptors (Lipinski definition) is 0. The second-order valence-corrected chi connectivity index (χ2v) is 6.33. The third-order valence-corrected chi connectivity index (χ3v) is 3.98. The van der Waals surface area contributed by atoms with Crippen LogP contribution in [0.5, 0.6) is 0 Å². The van der Waals surface area contributed by atoms with Gasteiger partial charge in [-0.05, 0) is 43.2 Å². The second-order valence-electron chi connectivity index (χ2n) is 5.80. The Bertz CT molecular complexity index is 347. The van der Waals surface area contributed by atoms with Crippen molar-refractivity contribution >= 4 is 11.6 Å². The molecule has 1 atom stereocenters. The van der Waals surface area contributed by atoms with Gasteiger partial charge in [-0.15, -0.1) is 11.6 Å². The van der Waals surface area contributed by atoms with E-state index in [9.17, 15) is 0 Å². The molecule has 16 heavy (non-hydrogen) atoms. The lowest BCUT2D eigenvalue weighted by Gasteiger charge is -2.25. The summed E-state index contributed by atoms with van der Waals surface area (Å²) >= 11 is 6.40. The van der Waals surface area contributed by atoms with Gasteiger partial charge >= 0.3 is 0 Å². The van der Waals surface area contributed by atoms with Crippen LogP contribution in [0.4, 0.5) is 0 Å². The zero-order valence-corrected chi connectivity index (χ0v) is 11.9. The Hall–Kier alpha value is -0.490. The van der Waals surface area contributed by atoms with Gasteiger partial charge in [-0.2, -0.15) is 0 Å². The fourth-order valence-electron chi connectivity index (χ4n) is 1.78. The van der Waals surface area contributed by atoms with Gasteiger partial charge in [0.2, 0.25) is 0 Å². The van der Waals surface area contributed by atoms with Gasteiger partial charge in [0.1, 0.15) is 0 Å². The lowest BCUT2D eigenvalue weighted by atomic mass is 9.87. The zero-order chi connectivity index (χ0) is 12.3. The SMILES string of the molecule is Cc1ccc(C)c(CCC(Cl)C(C)(C)C)c1. The predicted molar refractivity (Wildman–Crippen MR) is 73.3 cm³/mol. The number of halogens is 1. The average Bonchev–Trinajstić information content (AvgIpc) is 2.17. The van der Waals surface area contributed by atoms with E-state index in [-0.39, 0.29) is 10.8 Å². The summed E-state index contributed by atoms with van der Waals surface area (Å²) in [7, 11) is 0. The predicted octanol–water partition coefficient (Wildman–Crippen LogP) is 4.89. The molecular formula is C15H23Cl. The minimum atomic E-state index is 0.194. The lowest BCUT2D eigenvalue weighted by Crippen LogP contribution is -2.21. The van der Waals surface area contributed by atoms with E-state index < -0.39 is 0 Å². The van der Waals surface area contributed by atoms with Crippen molar-refractivity contribution in [1.82, 2.24) is 0 Å². The molecule has 1 aromatic rings. The Morgan fingerprint density at radius 2 is 1.81 bits per heavy atom. The molecule has 0 fully saturated rings. The van der Waals surface area contributed by atoms with Crippen molar-refractivity contribution in [2.24, 2.45) is 5.41 Å². The van der Waals surface area contributed by atoms with Crippen LogP contribution in [0.15, 0.2) is 18.2 Å². The van der Waals surface area contributed by atoms with E-state index in [0.717, 1.165) is 12.8 Å². The van der Waals surface area contributed by atoms with Crippen molar-refractivity contribution in [3.8, 4) is 0 Å². The van der Waals surface area contributed by atoms with E-state index in [1.807, 2.05) is 0 Å². The molecule has 0 aromatic heterocycles. The van der Waals surface area contributed by atoms with Crippen molar-refractivity contribution in [2.45, 2.75) is 52.8 Å². The molecular weight excluding hydrogens is 216 g/mol. The van der Waals surface area contributed by atoms with E-state index in [2.05, 4.69) is 52.8 Å². The van der Waals surface area contributed by atoms with Gasteiger partial charge in [-0.25, -0.2) is 0 Å². The molecule has 0 aliphatic heterocycles. The highest BCUT2D eigenvalue weighted by Crippen LogP contribution is 2.28. The molecule has 1 rings (SSSR count). The summed E-state index contributed by atoms with van der Waals surface area (Å²) in [5, 5.41) is 0.243. The van der Waals surface area contributed by atoms with Crippen molar-refractivity contribution in [3.05, 3.63) is 34.9 Å². The maximum atomic E-state index is 6.40. The van der Waals surface area contributed by atoms with Gasteiger partial charge < -0.3 is 0 Å². The van der Waals surface area contributed by atoms with Crippen LogP contribution in [0, 0.1) is 19.3 Å². The monoisotopic (exact) mass is 238 g/mol. The van der Waals surface area contributed by atoms with E-state index in [0.29, 0.717) is 0 Å². The topological polar surface area (TPSA) is 0 Å². The lowest BCUT2D eigenvalue weighted by molar-refractivity contribution is 0.374. The molecule has 0 nitrogen and oxygen atoms in total. The van der Waals surface area contributed by atoms with Crippen LogP contribution < -0.4 is 0 Å². The molecule has 0 amide bonds. The van der Waals surface area contributed by atoms with Crippen LogP contribution in [-0.2, 0) is 6.42 Å². The smallest absolute Gasteiger partial charge is 0.0387 e. The first-order chi connectivity index (χ1) is 7.30. The minimum absolute atomic E-state index is 0.194. The van der Waals surface area contributed by atoms with Crippen LogP contribution in [0.25, 0.3) is 0 Å². The van der Waals surface area contributed by atoms with E-state index in [4.69, 9.17) is 11.6 Å². The normalized spacial score (nSPS) is 13.9. The molecule has 0 radical (unpaired) electrons. The molecule has 0 saturated heterocycles. The molecule has 0 N–H and O–H groups in total. The Labute approximate surface area is 105 Å². The molecule has 1 aromatic carbocycles. The molecule has 1 unspecified atom stereocenters. The summed E-state index contributed by atoms with van der Waals surface area (Å²) in [5.74, 6) is 0. The van der Waals surface area contributed by atoms with E-state index in [1.54, 1.807) is 0 Å². The number of aryl methyl sites for hydroxylation is 3. The molecule has 0 aliphatic carbocycles. The van der Waals surface area contributed by atoms with E-state index in [1.165, 1.54) is 16.7 Å². The molecule has 0 spiro atoms. The summed E-state index contributed by atoms with van der Waals surface area (Å²) in [6.45, 7) is 10.9. The van der Waals surface area contributed by atoms with Crippen molar-refractivity contribution < 1.29 is 0 Å². The average molecular weight is 239 g/mol. The summed E-state index contributed by atoms with van der Waals surface area (Å²) in [4.78, 5) is 0. The Morgan fingerprint density at radius 1 is 1.19 bits per heavy atom. The fraction of sp³-hybridized carbons (Fsp3) is 0.600. The van der Waals surface area contributed by atoms with Crippen LogP contribution in [0.3, 0.4) is 0 Å². The highest BCUT2D eigenvalue weighted by atomic mass is 35.5. The number of benzene rings is 1. The van der Waals surface area contributed by atoms with Gasteiger partial charge in [0, 0.05) is 5.38 Å². The number of rotatable bonds is 3. The highest BCUT2D eigenvalue weighted by Gasteiger charge is 2.21. The summed E-state index contributed by atoms with van der Waals surface area (Å²) in [5.41, 5.74) is 4.35. The summed E-state index contributed by atoms with van der Waals surface area (Å²) in [6, 6.07) is 6.65. The maximum Gasteiger partial charge on any atom is 0.0387 e. The quantitative estimate of drug-likeness (QED) is 0.658. The third kappa shape index (κ3) is 3.83. The first kappa shape index (κ1) is 13.6.